The Hall–Kier alpha value is -1.66. The first-order chi connectivity index (χ1) is 8.15. The maximum atomic E-state index is 12.9. The second-order valence-corrected chi connectivity index (χ2v) is 3.33. The Kier molecular flexibility index (Phi) is 5.38. The lowest BCUT2D eigenvalue weighted by Gasteiger charge is -2.06. The van der Waals surface area contributed by atoms with Gasteiger partial charge in [0, 0.05) is 12.1 Å². The van der Waals surface area contributed by atoms with Crippen molar-refractivity contribution >= 4 is 11.6 Å². The van der Waals surface area contributed by atoms with E-state index in [9.17, 15) is 9.18 Å². The maximum absolute atomic E-state index is 12.9. The van der Waals surface area contributed by atoms with E-state index < -0.39 is 5.82 Å². The summed E-state index contributed by atoms with van der Waals surface area (Å²) in [4.78, 5) is 11.5. The number of nitrogen functional groups attached to an aromatic ring is 1. The van der Waals surface area contributed by atoms with Gasteiger partial charge < -0.3 is 20.9 Å². The van der Waals surface area contributed by atoms with Gasteiger partial charge in [-0.15, -0.1) is 0 Å². The maximum Gasteiger partial charge on any atom is 0.251 e. The summed E-state index contributed by atoms with van der Waals surface area (Å²) in [6, 6.07) is 3.78. The molecule has 1 rings (SSSR count). The number of halogens is 1. The number of amides is 1. The van der Waals surface area contributed by atoms with Gasteiger partial charge in [-0.25, -0.2) is 4.39 Å². The predicted octanol–water partition coefficient (Wildman–Crippen LogP) is 0.147. The van der Waals surface area contributed by atoms with Gasteiger partial charge in [-0.3, -0.25) is 4.79 Å². The fourth-order valence-electron chi connectivity index (χ4n) is 1.19. The van der Waals surface area contributed by atoms with Gasteiger partial charge in [0.25, 0.3) is 5.91 Å². The van der Waals surface area contributed by atoms with Crippen molar-refractivity contribution in [2.24, 2.45) is 0 Å². The van der Waals surface area contributed by atoms with Gasteiger partial charge >= 0.3 is 0 Å². The van der Waals surface area contributed by atoms with Gasteiger partial charge in [-0.1, -0.05) is 0 Å². The number of nitrogens with two attached hydrogens (primary N) is 1. The van der Waals surface area contributed by atoms with Crippen LogP contribution in [0, 0.1) is 5.82 Å². The minimum Gasteiger partial charge on any atom is -0.396 e. The first-order valence-electron chi connectivity index (χ1n) is 5.17. The number of anilines is 1. The fraction of sp³-hybridized carbons (Fsp3) is 0.364. The number of nitrogens with one attached hydrogen (secondary N) is 1. The number of carbonyl (C=O) groups is 1. The van der Waals surface area contributed by atoms with Gasteiger partial charge in [-0.05, 0) is 18.2 Å². The van der Waals surface area contributed by atoms with E-state index in [0.717, 1.165) is 6.07 Å². The second kappa shape index (κ2) is 6.82. The van der Waals surface area contributed by atoms with Gasteiger partial charge in [0.05, 0.1) is 25.5 Å². The standard InChI is InChI=1S/C11H15FN2O3/c12-9-2-1-8(7-10(9)13)11(16)14-3-5-17-6-4-15/h1-2,7,15H,3-6,13H2,(H,14,16). The van der Waals surface area contributed by atoms with Gasteiger partial charge in [0.2, 0.25) is 0 Å². The van der Waals surface area contributed by atoms with Crippen LogP contribution in [-0.4, -0.2) is 37.4 Å². The number of hydrogen-bond donors (Lipinski definition) is 3. The lowest BCUT2D eigenvalue weighted by Crippen LogP contribution is -2.27. The summed E-state index contributed by atoms with van der Waals surface area (Å²) < 4.78 is 17.8. The molecule has 0 aromatic heterocycles. The first kappa shape index (κ1) is 13.4. The average Bonchev–Trinajstić information content (AvgIpc) is 2.32. The zero-order chi connectivity index (χ0) is 12.7. The molecule has 0 aliphatic rings. The highest BCUT2D eigenvalue weighted by atomic mass is 19.1. The molecule has 0 saturated carbocycles. The monoisotopic (exact) mass is 242 g/mol. The molecule has 0 heterocycles. The Bertz CT molecular complexity index is 385. The molecule has 1 aromatic rings. The number of carbonyl (C=O) groups excluding carboxylic acids is 1. The molecule has 6 heteroatoms. The number of ether oxygens (including phenoxy) is 1. The predicted molar refractivity (Wildman–Crippen MR) is 61.1 cm³/mol. The van der Waals surface area contributed by atoms with Crippen molar-refractivity contribution in [1.82, 2.24) is 5.32 Å². The van der Waals surface area contributed by atoms with Crippen LogP contribution in [0.25, 0.3) is 0 Å². The highest BCUT2D eigenvalue weighted by Gasteiger charge is 2.07. The molecule has 4 N–H and O–H groups in total. The molecule has 0 bridgehead atoms. The molecule has 1 aromatic carbocycles. The van der Waals surface area contributed by atoms with E-state index in [4.69, 9.17) is 15.6 Å². The van der Waals surface area contributed by atoms with Gasteiger partial charge in [-0.2, -0.15) is 0 Å². The van der Waals surface area contributed by atoms with Crippen LogP contribution in [0.3, 0.4) is 0 Å². The van der Waals surface area contributed by atoms with E-state index >= 15 is 0 Å². The zero-order valence-corrected chi connectivity index (χ0v) is 9.28. The summed E-state index contributed by atoms with van der Waals surface area (Å²) in [6.07, 6.45) is 0. The Balaban J connectivity index is 2.39. The number of rotatable bonds is 6. The molecule has 0 saturated heterocycles. The Morgan fingerprint density at radius 1 is 1.47 bits per heavy atom. The van der Waals surface area contributed by atoms with Gasteiger partial charge in [0.15, 0.2) is 0 Å². The summed E-state index contributed by atoms with van der Waals surface area (Å²) in [7, 11) is 0. The van der Waals surface area contributed by atoms with E-state index in [-0.39, 0.29) is 24.8 Å². The number of benzene rings is 1. The molecular formula is C11H15FN2O3. The topological polar surface area (TPSA) is 84.6 Å². The highest BCUT2D eigenvalue weighted by Crippen LogP contribution is 2.11. The van der Waals surface area contributed by atoms with E-state index in [1.54, 1.807) is 0 Å². The molecule has 0 aliphatic heterocycles. The van der Waals surface area contributed by atoms with Crippen molar-refractivity contribution in [2.45, 2.75) is 0 Å². The van der Waals surface area contributed by atoms with Crippen molar-refractivity contribution in [3.05, 3.63) is 29.6 Å². The van der Waals surface area contributed by atoms with Crippen LogP contribution < -0.4 is 11.1 Å². The minimum atomic E-state index is -0.548. The molecule has 17 heavy (non-hydrogen) atoms. The Labute approximate surface area is 98.4 Å². The third-order valence-electron chi connectivity index (χ3n) is 2.03. The summed E-state index contributed by atoms with van der Waals surface area (Å²) >= 11 is 0. The minimum absolute atomic E-state index is 0.0531. The normalized spacial score (nSPS) is 10.2. The zero-order valence-electron chi connectivity index (χ0n) is 9.28. The van der Waals surface area contributed by atoms with Crippen LogP contribution in [0.1, 0.15) is 10.4 Å². The summed E-state index contributed by atoms with van der Waals surface area (Å²) in [5, 5.41) is 11.0. The Morgan fingerprint density at radius 2 is 2.24 bits per heavy atom. The van der Waals surface area contributed by atoms with Crippen LogP contribution in [0.4, 0.5) is 10.1 Å². The van der Waals surface area contributed by atoms with Crippen LogP contribution in [0.15, 0.2) is 18.2 Å². The number of aliphatic hydroxyl groups excluding tert-OH is 1. The Morgan fingerprint density at radius 3 is 2.88 bits per heavy atom. The molecule has 0 aliphatic carbocycles. The average molecular weight is 242 g/mol. The first-order valence-corrected chi connectivity index (χ1v) is 5.17. The molecule has 0 fully saturated rings. The van der Waals surface area contributed by atoms with Crippen LogP contribution in [0.2, 0.25) is 0 Å². The summed E-state index contributed by atoms with van der Waals surface area (Å²) in [5.41, 5.74) is 5.58. The molecule has 0 atom stereocenters. The van der Waals surface area contributed by atoms with E-state index in [2.05, 4.69) is 5.32 Å². The SMILES string of the molecule is Nc1cc(C(=O)NCCOCCO)ccc1F. The van der Waals surface area contributed by atoms with E-state index in [0.29, 0.717) is 18.7 Å². The largest absolute Gasteiger partial charge is 0.396 e. The second-order valence-electron chi connectivity index (χ2n) is 3.33. The van der Waals surface area contributed by atoms with Crippen LogP contribution in [0.5, 0.6) is 0 Å². The molecular weight excluding hydrogens is 227 g/mol. The summed E-state index contributed by atoms with van der Waals surface area (Å²) in [5.74, 6) is -0.892. The fourth-order valence-corrected chi connectivity index (χ4v) is 1.19. The third-order valence-corrected chi connectivity index (χ3v) is 2.03. The molecule has 1 amide bonds. The van der Waals surface area contributed by atoms with Crippen molar-refractivity contribution in [1.29, 1.82) is 0 Å². The highest BCUT2D eigenvalue weighted by molar-refractivity contribution is 5.94. The van der Waals surface area contributed by atoms with Crippen molar-refractivity contribution in [2.75, 3.05) is 32.1 Å². The van der Waals surface area contributed by atoms with Gasteiger partial charge in [0.1, 0.15) is 5.82 Å². The third kappa shape index (κ3) is 4.38. The van der Waals surface area contributed by atoms with Crippen molar-refractivity contribution in [3.63, 3.8) is 0 Å². The molecule has 0 spiro atoms. The quantitative estimate of drug-likeness (QED) is 0.489. The molecule has 94 valence electrons. The van der Waals surface area contributed by atoms with E-state index in [1.807, 2.05) is 0 Å². The number of hydrogen-bond acceptors (Lipinski definition) is 4. The van der Waals surface area contributed by atoms with Crippen LogP contribution in [-0.2, 0) is 4.74 Å². The number of aliphatic hydroxyl groups is 1. The molecule has 0 unspecified atom stereocenters. The lowest BCUT2D eigenvalue weighted by molar-refractivity contribution is 0.0838. The smallest absolute Gasteiger partial charge is 0.251 e. The summed E-state index contributed by atoms with van der Waals surface area (Å²) in [6.45, 7) is 0.806. The van der Waals surface area contributed by atoms with Crippen LogP contribution >= 0.6 is 0 Å². The van der Waals surface area contributed by atoms with E-state index in [1.165, 1.54) is 12.1 Å². The molecule has 5 nitrogen and oxygen atoms in total. The van der Waals surface area contributed by atoms with Crippen molar-refractivity contribution < 1.29 is 19.0 Å². The molecule has 0 radical (unpaired) electrons. The van der Waals surface area contributed by atoms with Crippen molar-refractivity contribution in [3.8, 4) is 0 Å². The lowest BCUT2D eigenvalue weighted by atomic mass is 10.2.